The Balaban J connectivity index is 2.24. The van der Waals surface area contributed by atoms with Crippen LogP contribution in [0.2, 0.25) is 0 Å². The van der Waals surface area contributed by atoms with E-state index in [2.05, 4.69) is 17.9 Å². The average molecular weight is 413 g/mol. The average Bonchev–Trinajstić information content (AvgIpc) is 2.64. The number of ether oxygens (including phenoxy) is 4. The molecule has 11 nitrogen and oxygen atoms in total. The molecule has 0 radical (unpaired) electrons. The Kier molecular flexibility index (Phi) is 8.24. The van der Waals surface area contributed by atoms with Gasteiger partial charge in [-0.3, -0.25) is 4.79 Å². The van der Waals surface area contributed by atoms with E-state index in [-0.39, 0.29) is 5.75 Å². The van der Waals surface area contributed by atoms with Gasteiger partial charge in [-0.1, -0.05) is 0 Å². The number of nitrogens with one attached hydrogen (secondary N) is 1. The van der Waals surface area contributed by atoms with Gasteiger partial charge in [0.25, 0.3) is 0 Å². The van der Waals surface area contributed by atoms with Gasteiger partial charge in [0.1, 0.15) is 42.7 Å². The highest BCUT2D eigenvalue weighted by atomic mass is 32.1. The van der Waals surface area contributed by atoms with Crippen molar-refractivity contribution in [2.24, 2.45) is 0 Å². The molecule has 2 rings (SSSR count). The molecular weight excluding hydrogens is 386 g/mol. The summed E-state index contributed by atoms with van der Waals surface area (Å²) >= 11 is 4.05. The lowest BCUT2D eigenvalue weighted by Crippen LogP contribution is -2.67. The van der Waals surface area contributed by atoms with Gasteiger partial charge in [-0.05, 0) is 0 Å². The van der Waals surface area contributed by atoms with Crippen molar-refractivity contribution in [3.8, 4) is 0 Å². The van der Waals surface area contributed by atoms with Crippen LogP contribution in [0, 0.1) is 0 Å². The molecule has 0 bridgehead atoms. The zero-order chi connectivity index (χ0) is 20.3. The smallest absolute Gasteiger partial charge is 0.217 e. The van der Waals surface area contributed by atoms with Gasteiger partial charge in [0.15, 0.2) is 12.6 Å². The molecule has 6 N–H and O–H groups in total. The van der Waals surface area contributed by atoms with Crippen LogP contribution >= 0.6 is 12.6 Å². The highest BCUT2D eigenvalue weighted by Gasteiger charge is 2.51. The number of rotatable bonds is 6. The summed E-state index contributed by atoms with van der Waals surface area (Å²) in [5, 5.41) is 53.0. The molecule has 2 unspecified atom stereocenters. The third kappa shape index (κ3) is 4.90. The van der Waals surface area contributed by atoms with E-state index < -0.39 is 73.9 Å². The molecule has 0 spiro atoms. The molecule has 0 aromatic carbocycles. The fourth-order valence-electron chi connectivity index (χ4n) is 3.15. The van der Waals surface area contributed by atoms with E-state index >= 15 is 0 Å². The summed E-state index contributed by atoms with van der Waals surface area (Å²) in [4.78, 5) is 11.5. The van der Waals surface area contributed by atoms with Crippen molar-refractivity contribution in [3.05, 3.63) is 0 Å². The van der Waals surface area contributed by atoms with Gasteiger partial charge in [0, 0.05) is 19.8 Å². The molecule has 0 saturated carbocycles. The lowest BCUT2D eigenvalue weighted by atomic mass is 9.96. The molecule has 27 heavy (non-hydrogen) atoms. The molecular formula is C15H27NO10S. The Bertz CT molecular complexity index is 483. The topological polar surface area (TPSA) is 167 Å². The lowest BCUT2D eigenvalue weighted by Gasteiger charge is -2.47. The van der Waals surface area contributed by atoms with E-state index in [0.29, 0.717) is 0 Å². The van der Waals surface area contributed by atoms with E-state index in [1.807, 2.05) is 0 Å². The fraction of sp³-hybridized carbons (Fsp3) is 0.933. The van der Waals surface area contributed by atoms with Gasteiger partial charge >= 0.3 is 0 Å². The molecule has 2 saturated heterocycles. The Morgan fingerprint density at radius 1 is 1.04 bits per heavy atom. The van der Waals surface area contributed by atoms with Crippen molar-refractivity contribution in [2.45, 2.75) is 68.3 Å². The first kappa shape index (κ1) is 22.7. The second-order valence-electron chi connectivity index (χ2n) is 6.48. The Labute approximate surface area is 161 Å². The molecule has 10 atom stereocenters. The number of thiol groups is 1. The molecule has 2 aliphatic heterocycles. The van der Waals surface area contributed by atoms with Crippen molar-refractivity contribution in [1.82, 2.24) is 5.32 Å². The highest BCUT2D eigenvalue weighted by Crippen LogP contribution is 2.29. The van der Waals surface area contributed by atoms with Crippen molar-refractivity contribution in [1.29, 1.82) is 0 Å². The molecule has 2 heterocycles. The quantitative estimate of drug-likeness (QED) is 0.216. The molecule has 1 amide bonds. The summed E-state index contributed by atoms with van der Waals surface area (Å²) in [6, 6.07) is -1.18. The maximum atomic E-state index is 11.5. The molecule has 158 valence electrons. The van der Waals surface area contributed by atoms with E-state index in [9.17, 15) is 30.3 Å². The van der Waals surface area contributed by atoms with Crippen LogP contribution in [0.1, 0.15) is 6.92 Å². The monoisotopic (exact) mass is 413 g/mol. The third-order valence-electron chi connectivity index (χ3n) is 4.60. The number of methoxy groups -OCH3 is 1. The normalized spacial score (nSPS) is 45.5. The fourth-order valence-corrected chi connectivity index (χ4v) is 3.45. The first-order valence-corrected chi connectivity index (χ1v) is 9.08. The first-order valence-electron chi connectivity index (χ1n) is 8.45. The number of hydrogen-bond donors (Lipinski definition) is 7. The largest absolute Gasteiger partial charge is 0.394 e. The van der Waals surface area contributed by atoms with E-state index in [1.54, 1.807) is 0 Å². The number of aliphatic hydroxyl groups excluding tert-OH is 5. The number of carbonyl (C=O) groups is 1. The van der Waals surface area contributed by atoms with Crippen molar-refractivity contribution >= 4 is 18.5 Å². The zero-order valence-electron chi connectivity index (χ0n) is 14.9. The van der Waals surface area contributed by atoms with E-state index in [0.717, 1.165) is 0 Å². The molecule has 0 aliphatic carbocycles. The molecule has 2 aliphatic rings. The van der Waals surface area contributed by atoms with Crippen molar-refractivity contribution in [2.75, 3.05) is 19.5 Å². The Morgan fingerprint density at radius 2 is 1.67 bits per heavy atom. The number of carbonyl (C=O) groups excluding carboxylic acids is 1. The summed E-state index contributed by atoms with van der Waals surface area (Å²) in [5.74, 6) is -0.465. The van der Waals surface area contributed by atoms with Crippen LogP contribution in [-0.2, 0) is 23.7 Å². The van der Waals surface area contributed by atoms with Crippen LogP contribution in [0.3, 0.4) is 0 Å². The van der Waals surface area contributed by atoms with E-state index in [4.69, 9.17) is 18.9 Å². The first-order chi connectivity index (χ1) is 12.7. The Morgan fingerprint density at radius 3 is 2.19 bits per heavy atom. The molecule has 0 aromatic rings. The summed E-state index contributed by atoms with van der Waals surface area (Å²) in [7, 11) is 1.27. The van der Waals surface area contributed by atoms with Gasteiger partial charge < -0.3 is 49.8 Å². The number of amides is 1. The third-order valence-corrected chi connectivity index (χ3v) is 4.96. The second kappa shape index (κ2) is 9.78. The van der Waals surface area contributed by atoms with Crippen molar-refractivity contribution in [3.63, 3.8) is 0 Å². The molecule has 12 heteroatoms. The van der Waals surface area contributed by atoms with Crippen LogP contribution in [0.15, 0.2) is 0 Å². The molecule has 2 fully saturated rings. The van der Waals surface area contributed by atoms with Gasteiger partial charge in [-0.25, -0.2) is 0 Å². The summed E-state index contributed by atoms with van der Waals surface area (Å²) in [5.41, 5.74) is 0. The maximum absolute atomic E-state index is 11.5. The summed E-state index contributed by atoms with van der Waals surface area (Å²) in [6.45, 7) is 0.649. The Hall–Kier alpha value is -0.540. The van der Waals surface area contributed by atoms with Crippen LogP contribution in [0.25, 0.3) is 0 Å². The van der Waals surface area contributed by atoms with Crippen molar-refractivity contribution < 1.29 is 49.3 Å². The molecule has 0 aromatic heterocycles. The predicted molar refractivity (Wildman–Crippen MR) is 91.8 cm³/mol. The number of aliphatic hydroxyl groups is 5. The van der Waals surface area contributed by atoms with Gasteiger partial charge in [-0.15, -0.1) is 0 Å². The minimum atomic E-state index is -1.45. The minimum Gasteiger partial charge on any atom is -0.394 e. The van der Waals surface area contributed by atoms with Crippen LogP contribution < -0.4 is 5.32 Å². The number of hydrogen-bond acceptors (Lipinski definition) is 11. The summed E-state index contributed by atoms with van der Waals surface area (Å²) in [6.07, 6.45) is -11.5. The highest BCUT2D eigenvalue weighted by molar-refractivity contribution is 7.80. The van der Waals surface area contributed by atoms with Gasteiger partial charge in [-0.2, -0.15) is 12.6 Å². The van der Waals surface area contributed by atoms with Gasteiger partial charge in [0.05, 0.1) is 12.7 Å². The minimum absolute atomic E-state index is 0.0454. The van der Waals surface area contributed by atoms with E-state index in [1.165, 1.54) is 14.0 Å². The zero-order valence-corrected chi connectivity index (χ0v) is 15.8. The van der Waals surface area contributed by atoms with Crippen LogP contribution in [0.5, 0.6) is 0 Å². The standard InChI is InChI=1S/C15H27NO10S/c1-5(18)16-8-11(21)9(19)7(4-27)25-14(8)26-13-10(20)6(3-17)24-15(23-2)12(13)22/h6-15,17,19-22,27H,3-4H2,1-2H3,(H,16,18)/t6-,7-,8-,9-,10+,11-,12-,13+,14?,15?/m1/s1. The summed E-state index contributed by atoms with van der Waals surface area (Å²) < 4.78 is 21.5. The SMILES string of the molecule is COC1O[C@H](CO)[C@H](O)[C@H](OC2O[C@H](CS)[C@@H](O)[C@H](O)[C@H]2NC(C)=O)[C@H]1O. The second-order valence-corrected chi connectivity index (χ2v) is 6.84. The predicted octanol–water partition coefficient (Wildman–Crippen LogP) is -3.66. The maximum Gasteiger partial charge on any atom is 0.217 e. The van der Waals surface area contributed by atoms with Crippen LogP contribution in [-0.4, -0.2) is 112 Å². The van der Waals surface area contributed by atoms with Crippen LogP contribution in [0.4, 0.5) is 0 Å². The van der Waals surface area contributed by atoms with Gasteiger partial charge in [0.2, 0.25) is 5.91 Å². The lowest BCUT2D eigenvalue weighted by molar-refractivity contribution is -0.342.